The highest BCUT2D eigenvalue weighted by molar-refractivity contribution is 5.98. The SMILES string of the molecule is O=C(NCc1cccc(C(F)(F)F)c1)[C@@H](CCOCc1ccccc1)N1C(=O)[C@@H](N2C(=O)OC[C@@H]2c2ccccc2)[C@H]1/C=C/c1ccccc1. The summed E-state index contributed by atoms with van der Waals surface area (Å²) < 4.78 is 51.5. The summed E-state index contributed by atoms with van der Waals surface area (Å²) in [6, 6.07) is 29.6. The molecule has 3 amide bonds. The van der Waals surface area contributed by atoms with Crippen LogP contribution in [-0.4, -0.2) is 59.0 Å². The number of carbonyl (C=O) groups is 3. The minimum Gasteiger partial charge on any atom is -0.447 e. The quantitative estimate of drug-likeness (QED) is 0.124. The predicted molar refractivity (Wildman–Crippen MR) is 180 cm³/mol. The first kappa shape index (κ1) is 34.4. The van der Waals surface area contributed by atoms with Gasteiger partial charge in [0.05, 0.1) is 24.3 Å². The van der Waals surface area contributed by atoms with Gasteiger partial charge in [0, 0.05) is 19.6 Å². The van der Waals surface area contributed by atoms with Crippen LogP contribution in [0.4, 0.5) is 18.0 Å². The fraction of sp³-hybridized carbons (Fsp3) is 0.256. The molecule has 2 saturated heterocycles. The van der Waals surface area contributed by atoms with E-state index in [9.17, 15) is 27.6 Å². The van der Waals surface area contributed by atoms with Crippen LogP contribution in [0.15, 0.2) is 121 Å². The fourth-order valence-electron chi connectivity index (χ4n) is 6.32. The van der Waals surface area contributed by atoms with E-state index < -0.39 is 53.8 Å². The standard InChI is InChI=1S/C39H36F3N3O5/c40-39(41,42)31-18-10-15-29(23-31)24-43-36(46)33(21-22-49-25-28-13-6-2-7-14-28)44-32(20-19-27-11-4-1-5-12-27)35(37(44)47)45-34(26-50-38(45)48)30-16-8-3-9-17-30/h1-20,23,32-35H,21-22,24-26H2,(H,43,46)/b20-19+/t32-,33-,34-,35+/m1/s1. The molecule has 50 heavy (non-hydrogen) atoms. The minimum absolute atomic E-state index is 0.0655. The number of cyclic esters (lactones) is 1. The topological polar surface area (TPSA) is 88.2 Å². The number of amides is 3. The van der Waals surface area contributed by atoms with Gasteiger partial charge in [-0.3, -0.25) is 14.5 Å². The zero-order chi connectivity index (χ0) is 35.1. The molecule has 2 aliphatic heterocycles. The van der Waals surface area contributed by atoms with Gasteiger partial charge >= 0.3 is 12.3 Å². The third kappa shape index (κ3) is 7.89. The maximum absolute atomic E-state index is 14.2. The first-order valence-electron chi connectivity index (χ1n) is 16.3. The molecule has 0 spiro atoms. The number of nitrogens with zero attached hydrogens (tertiary/aromatic N) is 2. The van der Waals surface area contributed by atoms with Crippen molar-refractivity contribution in [2.45, 2.75) is 49.9 Å². The molecule has 0 aromatic heterocycles. The van der Waals surface area contributed by atoms with Crippen LogP contribution >= 0.6 is 0 Å². The zero-order valence-electron chi connectivity index (χ0n) is 27.0. The average molecular weight is 684 g/mol. The Morgan fingerprint density at radius 3 is 2.26 bits per heavy atom. The van der Waals surface area contributed by atoms with Crippen LogP contribution in [0.25, 0.3) is 6.08 Å². The minimum atomic E-state index is -4.54. The Kier molecular flexibility index (Phi) is 10.6. The molecule has 11 heteroatoms. The molecule has 0 radical (unpaired) electrons. The molecule has 8 nitrogen and oxygen atoms in total. The normalized spacial score (nSPS) is 19.7. The Morgan fingerprint density at radius 1 is 0.900 bits per heavy atom. The molecule has 2 fully saturated rings. The van der Waals surface area contributed by atoms with Gasteiger partial charge in [0.2, 0.25) is 11.8 Å². The summed E-state index contributed by atoms with van der Waals surface area (Å²) in [6.45, 7) is 0.273. The van der Waals surface area contributed by atoms with E-state index in [2.05, 4.69) is 5.32 Å². The highest BCUT2D eigenvalue weighted by Crippen LogP contribution is 2.39. The van der Waals surface area contributed by atoms with Crippen molar-refractivity contribution >= 4 is 24.0 Å². The number of halogens is 3. The maximum Gasteiger partial charge on any atom is 0.416 e. The lowest BCUT2D eigenvalue weighted by molar-refractivity contribution is -0.163. The van der Waals surface area contributed by atoms with Crippen molar-refractivity contribution in [1.82, 2.24) is 15.1 Å². The number of benzene rings is 4. The van der Waals surface area contributed by atoms with E-state index in [1.807, 2.05) is 97.1 Å². The maximum atomic E-state index is 14.2. The van der Waals surface area contributed by atoms with Crippen molar-refractivity contribution in [3.05, 3.63) is 149 Å². The number of hydrogen-bond donors (Lipinski definition) is 1. The van der Waals surface area contributed by atoms with Gasteiger partial charge in [-0.25, -0.2) is 4.79 Å². The first-order valence-corrected chi connectivity index (χ1v) is 16.3. The van der Waals surface area contributed by atoms with Gasteiger partial charge in [0.1, 0.15) is 18.7 Å². The summed E-state index contributed by atoms with van der Waals surface area (Å²) >= 11 is 0. The number of alkyl halides is 3. The van der Waals surface area contributed by atoms with Gasteiger partial charge in [0.15, 0.2) is 0 Å². The third-order valence-electron chi connectivity index (χ3n) is 8.84. The Bertz CT molecular complexity index is 1800. The fourth-order valence-corrected chi connectivity index (χ4v) is 6.32. The summed E-state index contributed by atoms with van der Waals surface area (Å²) in [6.07, 6.45) is -1.44. The van der Waals surface area contributed by atoms with Crippen LogP contribution in [0.3, 0.4) is 0 Å². The Hall–Kier alpha value is -5.42. The summed E-state index contributed by atoms with van der Waals surface area (Å²) in [5.41, 5.74) is 2.02. The Balaban J connectivity index is 1.28. The molecule has 0 aliphatic carbocycles. The van der Waals surface area contributed by atoms with Gasteiger partial charge in [-0.15, -0.1) is 0 Å². The monoisotopic (exact) mass is 683 g/mol. The number of nitrogens with one attached hydrogen (secondary N) is 1. The molecule has 0 bridgehead atoms. The highest BCUT2D eigenvalue weighted by Gasteiger charge is 2.57. The van der Waals surface area contributed by atoms with Gasteiger partial charge in [-0.05, 0) is 34.4 Å². The van der Waals surface area contributed by atoms with Crippen LogP contribution in [0.1, 0.15) is 40.3 Å². The molecule has 0 saturated carbocycles. The van der Waals surface area contributed by atoms with Crippen molar-refractivity contribution in [3.63, 3.8) is 0 Å². The summed E-state index contributed by atoms with van der Waals surface area (Å²) in [7, 11) is 0. The lowest BCUT2D eigenvalue weighted by atomic mass is 9.87. The number of rotatable bonds is 13. The second-order valence-electron chi connectivity index (χ2n) is 12.1. The van der Waals surface area contributed by atoms with Gasteiger partial charge < -0.3 is 19.7 Å². The van der Waals surface area contributed by atoms with Crippen molar-refractivity contribution in [2.24, 2.45) is 0 Å². The van der Waals surface area contributed by atoms with Crippen LogP contribution < -0.4 is 5.32 Å². The van der Waals surface area contributed by atoms with Crippen molar-refractivity contribution < 1.29 is 37.0 Å². The number of carbonyl (C=O) groups excluding carboxylic acids is 3. The molecule has 258 valence electrons. The Labute approximate surface area is 288 Å². The van der Waals surface area contributed by atoms with Crippen LogP contribution in [0.5, 0.6) is 0 Å². The van der Waals surface area contributed by atoms with E-state index in [0.29, 0.717) is 0 Å². The zero-order valence-corrected chi connectivity index (χ0v) is 27.0. The van der Waals surface area contributed by atoms with Gasteiger partial charge in [-0.2, -0.15) is 13.2 Å². The van der Waals surface area contributed by atoms with Crippen molar-refractivity contribution in [2.75, 3.05) is 13.2 Å². The van der Waals surface area contributed by atoms with Crippen molar-refractivity contribution in [3.8, 4) is 0 Å². The van der Waals surface area contributed by atoms with E-state index >= 15 is 0 Å². The van der Waals surface area contributed by atoms with E-state index in [1.165, 1.54) is 21.9 Å². The molecule has 2 heterocycles. The van der Waals surface area contributed by atoms with Crippen LogP contribution in [-0.2, 0) is 38.4 Å². The lowest BCUT2D eigenvalue weighted by Crippen LogP contribution is -2.74. The Morgan fingerprint density at radius 2 is 1.56 bits per heavy atom. The molecule has 4 atom stereocenters. The molecule has 2 aliphatic rings. The van der Waals surface area contributed by atoms with Crippen molar-refractivity contribution in [1.29, 1.82) is 0 Å². The molecule has 4 aromatic carbocycles. The predicted octanol–water partition coefficient (Wildman–Crippen LogP) is 6.78. The van der Waals surface area contributed by atoms with Gasteiger partial charge in [-0.1, -0.05) is 115 Å². The summed E-state index contributed by atoms with van der Waals surface area (Å²) in [4.78, 5) is 44.2. The molecular weight excluding hydrogens is 647 g/mol. The lowest BCUT2D eigenvalue weighted by Gasteiger charge is -2.52. The third-order valence-corrected chi connectivity index (χ3v) is 8.84. The largest absolute Gasteiger partial charge is 0.447 e. The summed E-state index contributed by atoms with van der Waals surface area (Å²) in [5.74, 6) is -1.01. The second kappa shape index (κ2) is 15.4. The van der Waals surface area contributed by atoms with Gasteiger partial charge in [0.25, 0.3) is 0 Å². The molecule has 0 unspecified atom stereocenters. The molecule has 1 N–H and O–H groups in total. The number of β-lactam (4-membered cyclic amide) rings is 1. The van der Waals surface area contributed by atoms with E-state index in [4.69, 9.17) is 9.47 Å². The molecular formula is C39H36F3N3O5. The second-order valence-corrected chi connectivity index (χ2v) is 12.1. The van der Waals surface area contributed by atoms with Crippen LogP contribution in [0, 0.1) is 0 Å². The number of ether oxygens (including phenoxy) is 2. The van der Waals surface area contributed by atoms with Crippen LogP contribution in [0.2, 0.25) is 0 Å². The average Bonchev–Trinajstić information content (AvgIpc) is 3.51. The smallest absolute Gasteiger partial charge is 0.416 e. The van der Waals surface area contributed by atoms with E-state index in [0.717, 1.165) is 28.8 Å². The molecule has 6 rings (SSSR count). The van der Waals surface area contributed by atoms with E-state index in [-0.39, 0.29) is 38.3 Å². The number of likely N-dealkylation sites (tertiary alicyclic amines) is 1. The molecule has 4 aromatic rings. The highest BCUT2D eigenvalue weighted by atomic mass is 19.4. The first-order chi connectivity index (χ1) is 24.2. The summed E-state index contributed by atoms with van der Waals surface area (Å²) in [5, 5.41) is 2.74. The number of hydrogen-bond acceptors (Lipinski definition) is 5. The van der Waals surface area contributed by atoms with E-state index in [1.54, 1.807) is 6.08 Å².